The number of carbonyl (C=O) groups is 1. The molecular formula is C20H19FN4O. The fourth-order valence-electron chi connectivity index (χ4n) is 3.41. The topological polar surface area (TPSA) is 61.9 Å². The number of amides is 1. The summed E-state index contributed by atoms with van der Waals surface area (Å²) in [6.07, 6.45) is 6.15. The molecule has 6 heteroatoms. The predicted octanol–water partition coefficient (Wildman–Crippen LogP) is 3.61. The number of benzene rings is 1. The zero-order valence-corrected chi connectivity index (χ0v) is 14.2. The van der Waals surface area contributed by atoms with E-state index in [-0.39, 0.29) is 11.7 Å². The highest BCUT2D eigenvalue weighted by Crippen LogP contribution is 2.34. The van der Waals surface area contributed by atoms with Crippen molar-refractivity contribution in [3.63, 3.8) is 0 Å². The molecule has 0 atom stereocenters. The summed E-state index contributed by atoms with van der Waals surface area (Å²) in [5, 5.41) is 0. The van der Waals surface area contributed by atoms with Crippen molar-refractivity contribution < 1.29 is 9.18 Å². The van der Waals surface area contributed by atoms with Crippen LogP contribution in [0.1, 0.15) is 24.6 Å². The summed E-state index contributed by atoms with van der Waals surface area (Å²) < 4.78 is 13.3. The molecular weight excluding hydrogens is 331 g/mol. The summed E-state index contributed by atoms with van der Waals surface area (Å²) in [5.74, 6) is 0.930. The van der Waals surface area contributed by atoms with E-state index in [2.05, 4.69) is 9.97 Å². The molecule has 0 saturated carbocycles. The lowest BCUT2D eigenvalue weighted by Gasteiger charge is -2.27. The van der Waals surface area contributed by atoms with Crippen molar-refractivity contribution in [3.05, 3.63) is 60.4 Å². The first-order valence-electron chi connectivity index (χ1n) is 8.70. The predicted molar refractivity (Wildman–Crippen MR) is 96.8 cm³/mol. The van der Waals surface area contributed by atoms with Gasteiger partial charge in [0.1, 0.15) is 11.6 Å². The summed E-state index contributed by atoms with van der Waals surface area (Å²) in [6, 6.07) is 10.2. The quantitative estimate of drug-likeness (QED) is 0.731. The van der Waals surface area contributed by atoms with Crippen molar-refractivity contribution >= 4 is 6.41 Å². The fourth-order valence-corrected chi connectivity index (χ4v) is 3.41. The summed E-state index contributed by atoms with van der Waals surface area (Å²) in [4.78, 5) is 25.1. The molecule has 2 aromatic heterocycles. The molecule has 0 radical (unpaired) electrons. The van der Waals surface area contributed by atoms with Crippen LogP contribution >= 0.6 is 0 Å². The van der Waals surface area contributed by atoms with E-state index in [9.17, 15) is 9.18 Å². The van der Waals surface area contributed by atoms with Crippen molar-refractivity contribution in [2.45, 2.75) is 18.8 Å². The Kier molecular flexibility index (Phi) is 4.48. The minimum Gasteiger partial charge on any atom is -0.345 e. The summed E-state index contributed by atoms with van der Waals surface area (Å²) in [7, 11) is 0. The lowest BCUT2D eigenvalue weighted by Crippen LogP contribution is -2.31. The number of hydrogen-bond donors (Lipinski definition) is 1. The van der Waals surface area contributed by atoms with Crippen LogP contribution in [0.25, 0.3) is 22.5 Å². The Morgan fingerprint density at radius 1 is 1.04 bits per heavy atom. The SMILES string of the molecule is O=CN1CCC(c2nc(-c3ccc(F)cc3)c(-c3ccncc3)[nH]2)CC1. The van der Waals surface area contributed by atoms with E-state index >= 15 is 0 Å². The van der Waals surface area contributed by atoms with Gasteiger partial charge in [0.15, 0.2) is 0 Å². The maximum absolute atomic E-state index is 13.3. The Morgan fingerprint density at radius 3 is 2.38 bits per heavy atom. The maximum Gasteiger partial charge on any atom is 0.209 e. The number of nitrogens with zero attached hydrogens (tertiary/aromatic N) is 3. The van der Waals surface area contributed by atoms with Crippen molar-refractivity contribution in [1.29, 1.82) is 0 Å². The Morgan fingerprint density at radius 2 is 1.73 bits per heavy atom. The highest BCUT2D eigenvalue weighted by atomic mass is 19.1. The van der Waals surface area contributed by atoms with E-state index in [4.69, 9.17) is 4.98 Å². The standard InChI is InChI=1S/C20H19FN4O/c21-17-3-1-14(2-4-17)18-19(15-5-9-22-10-6-15)24-20(23-18)16-7-11-25(13-26)12-8-16/h1-6,9-10,13,16H,7-8,11-12H2,(H,23,24). The average molecular weight is 350 g/mol. The molecule has 1 aromatic carbocycles. The van der Waals surface area contributed by atoms with Gasteiger partial charge in [-0.25, -0.2) is 9.37 Å². The lowest BCUT2D eigenvalue weighted by atomic mass is 9.96. The zero-order valence-electron chi connectivity index (χ0n) is 14.2. The number of rotatable bonds is 4. The molecule has 1 fully saturated rings. The smallest absolute Gasteiger partial charge is 0.209 e. The molecule has 26 heavy (non-hydrogen) atoms. The normalized spacial score (nSPS) is 15.2. The summed E-state index contributed by atoms with van der Waals surface area (Å²) in [5.41, 5.74) is 3.57. The number of piperidine rings is 1. The van der Waals surface area contributed by atoms with E-state index in [1.165, 1.54) is 12.1 Å². The van der Waals surface area contributed by atoms with Crippen LogP contribution in [0.2, 0.25) is 0 Å². The first kappa shape index (κ1) is 16.4. The van der Waals surface area contributed by atoms with Crippen LogP contribution in [0.3, 0.4) is 0 Å². The van der Waals surface area contributed by atoms with Gasteiger partial charge in [0.05, 0.1) is 11.4 Å². The Labute approximate surface area is 150 Å². The number of carbonyl (C=O) groups excluding carboxylic acids is 1. The number of nitrogens with one attached hydrogen (secondary N) is 1. The highest BCUT2D eigenvalue weighted by molar-refractivity contribution is 5.78. The third-order valence-corrected chi connectivity index (χ3v) is 4.87. The van der Waals surface area contributed by atoms with Crippen molar-refractivity contribution in [2.75, 3.05) is 13.1 Å². The molecule has 4 rings (SSSR count). The van der Waals surface area contributed by atoms with Crippen LogP contribution in [-0.4, -0.2) is 39.4 Å². The van der Waals surface area contributed by atoms with E-state index in [1.807, 2.05) is 12.1 Å². The van der Waals surface area contributed by atoms with Gasteiger partial charge in [0.25, 0.3) is 0 Å². The van der Waals surface area contributed by atoms with E-state index in [0.717, 1.165) is 60.7 Å². The zero-order chi connectivity index (χ0) is 17.9. The molecule has 1 aliphatic heterocycles. The summed E-state index contributed by atoms with van der Waals surface area (Å²) >= 11 is 0. The molecule has 0 spiro atoms. The maximum atomic E-state index is 13.3. The van der Waals surface area contributed by atoms with Crippen LogP contribution in [0, 0.1) is 5.82 Å². The van der Waals surface area contributed by atoms with Crippen LogP contribution in [0.4, 0.5) is 4.39 Å². The number of imidazole rings is 1. The molecule has 1 aliphatic rings. The summed E-state index contributed by atoms with van der Waals surface area (Å²) in [6.45, 7) is 1.48. The van der Waals surface area contributed by atoms with Crippen LogP contribution in [0.5, 0.6) is 0 Å². The van der Waals surface area contributed by atoms with Gasteiger partial charge in [0.2, 0.25) is 6.41 Å². The van der Waals surface area contributed by atoms with Gasteiger partial charge in [-0.1, -0.05) is 0 Å². The number of aromatic amines is 1. The molecule has 1 amide bonds. The average Bonchev–Trinajstić information content (AvgIpc) is 3.15. The van der Waals surface area contributed by atoms with Gasteiger partial charge in [-0.2, -0.15) is 0 Å². The van der Waals surface area contributed by atoms with Crippen molar-refractivity contribution in [1.82, 2.24) is 19.9 Å². The van der Waals surface area contributed by atoms with E-state index in [0.29, 0.717) is 0 Å². The largest absolute Gasteiger partial charge is 0.345 e. The van der Waals surface area contributed by atoms with Crippen LogP contribution in [-0.2, 0) is 4.79 Å². The van der Waals surface area contributed by atoms with Crippen molar-refractivity contribution in [2.24, 2.45) is 0 Å². The molecule has 1 N–H and O–H groups in total. The number of H-pyrrole nitrogens is 1. The number of likely N-dealkylation sites (tertiary alicyclic amines) is 1. The third-order valence-electron chi connectivity index (χ3n) is 4.87. The van der Waals surface area contributed by atoms with Gasteiger partial charge in [-0.15, -0.1) is 0 Å². The number of hydrogen-bond acceptors (Lipinski definition) is 3. The lowest BCUT2D eigenvalue weighted by molar-refractivity contribution is -0.119. The van der Waals surface area contributed by atoms with E-state index in [1.54, 1.807) is 29.4 Å². The molecule has 3 aromatic rings. The van der Waals surface area contributed by atoms with Crippen LogP contribution < -0.4 is 0 Å². The van der Waals surface area contributed by atoms with Crippen LogP contribution in [0.15, 0.2) is 48.8 Å². The Hall–Kier alpha value is -3.02. The van der Waals surface area contributed by atoms with Crippen molar-refractivity contribution in [3.8, 4) is 22.5 Å². The fraction of sp³-hybridized carbons (Fsp3) is 0.250. The highest BCUT2D eigenvalue weighted by Gasteiger charge is 2.24. The molecule has 0 bridgehead atoms. The molecule has 0 unspecified atom stereocenters. The molecule has 5 nitrogen and oxygen atoms in total. The van der Waals surface area contributed by atoms with Gasteiger partial charge in [0, 0.05) is 42.5 Å². The first-order chi connectivity index (χ1) is 12.7. The molecule has 132 valence electrons. The monoisotopic (exact) mass is 350 g/mol. The van der Waals surface area contributed by atoms with Gasteiger partial charge in [-0.05, 0) is 49.2 Å². The molecule has 3 heterocycles. The van der Waals surface area contributed by atoms with Gasteiger partial charge >= 0.3 is 0 Å². The van der Waals surface area contributed by atoms with Gasteiger partial charge < -0.3 is 9.88 Å². The minimum atomic E-state index is -0.267. The second kappa shape index (κ2) is 7.07. The molecule has 0 aliphatic carbocycles. The second-order valence-electron chi connectivity index (χ2n) is 6.50. The van der Waals surface area contributed by atoms with E-state index < -0.39 is 0 Å². The number of aromatic nitrogens is 3. The minimum absolute atomic E-state index is 0.267. The Balaban J connectivity index is 1.73. The third kappa shape index (κ3) is 3.22. The Bertz CT molecular complexity index is 884. The van der Waals surface area contributed by atoms with Gasteiger partial charge in [-0.3, -0.25) is 9.78 Å². The first-order valence-corrected chi connectivity index (χ1v) is 8.70. The molecule has 1 saturated heterocycles. The second-order valence-corrected chi connectivity index (χ2v) is 6.50. The number of pyridine rings is 1. The number of halogens is 1.